The fraction of sp³-hybridized carbons (Fsp3) is 1.00. The van der Waals surface area contributed by atoms with Gasteiger partial charge in [-0.25, -0.2) is 8.42 Å². The average molecular weight is 234 g/mol. The number of hydrogen-bond donors (Lipinski definition) is 1. The van der Waals surface area contributed by atoms with Gasteiger partial charge in [0.1, 0.15) is 0 Å². The van der Waals surface area contributed by atoms with Crippen LogP contribution in [0.25, 0.3) is 0 Å². The zero-order valence-corrected chi connectivity index (χ0v) is 10.7. The summed E-state index contributed by atoms with van der Waals surface area (Å²) in [7, 11) is -3.05. The number of nitrogens with zero attached hydrogens (tertiary/aromatic N) is 1. The fourth-order valence-corrected chi connectivity index (χ4v) is 3.33. The highest BCUT2D eigenvalue weighted by Crippen LogP contribution is 2.17. The quantitative estimate of drug-likeness (QED) is 0.777. The van der Waals surface area contributed by atoms with E-state index in [9.17, 15) is 8.42 Å². The molecule has 0 aromatic rings. The van der Waals surface area contributed by atoms with Gasteiger partial charge in [0.25, 0.3) is 0 Å². The molecule has 4 nitrogen and oxygen atoms in total. The summed E-state index contributed by atoms with van der Waals surface area (Å²) in [5.74, 6) is 0.384. The maximum Gasteiger partial charge on any atom is 0.211 e. The average Bonchev–Trinajstić information content (AvgIpc) is 2.14. The molecule has 0 aromatic carbocycles. The SMILES string of the molecule is CC(C)CN(C1CCNCC1)S(C)(=O)=O. The second kappa shape index (κ2) is 5.27. The molecule has 0 unspecified atom stereocenters. The van der Waals surface area contributed by atoms with E-state index >= 15 is 0 Å². The van der Waals surface area contributed by atoms with Crippen LogP contribution in [0.4, 0.5) is 0 Å². The van der Waals surface area contributed by atoms with Crippen LogP contribution in [0.2, 0.25) is 0 Å². The first-order chi connectivity index (χ1) is 6.91. The lowest BCUT2D eigenvalue weighted by molar-refractivity contribution is 0.244. The molecule has 1 rings (SSSR count). The van der Waals surface area contributed by atoms with Crippen molar-refractivity contribution in [1.29, 1.82) is 0 Å². The van der Waals surface area contributed by atoms with E-state index in [-0.39, 0.29) is 6.04 Å². The molecule has 5 heteroatoms. The number of rotatable bonds is 4. The Bertz CT molecular complexity index is 282. The van der Waals surface area contributed by atoms with Gasteiger partial charge >= 0.3 is 0 Å². The van der Waals surface area contributed by atoms with E-state index < -0.39 is 10.0 Å². The minimum Gasteiger partial charge on any atom is -0.317 e. The first kappa shape index (κ1) is 12.9. The van der Waals surface area contributed by atoms with Gasteiger partial charge in [-0.1, -0.05) is 13.8 Å². The van der Waals surface area contributed by atoms with E-state index in [2.05, 4.69) is 19.2 Å². The van der Waals surface area contributed by atoms with Gasteiger partial charge in [-0.3, -0.25) is 0 Å². The Morgan fingerprint density at radius 3 is 2.27 bits per heavy atom. The van der Waals surface area contributed by atoms with Crippen molar-refractivity contribution in [2.45, 2.75) is 32.7 Å². The highest BCUT2D eigenvalue weighted by atomic mass is 32.2. The third-order valence-corrected chi connectivity index (χ3v) is 3.99. The van der Waals surface area contributed by atoms with Crippen molar-refractivity contribution in [1.82, 2.24) is 9.62 Å². The van der Waals surface area contributed by atoms with E-state index in [0.717, 1.165) is 25.9 Å². The molecule has 1 N–H and O–H groups in total. The molecule has 0 aliphatic carbocycles. The summed E-state index contributed by atoms with van der Waals surface area (Å²) >= 11 is 0. The first-order valence-electron chi connectivity index (χ1n) is 5.59. The van der Waals surface area contributed by atoms with Crippen LogP contribution in [0.3, 0.4) is 0 Å². The zero-order valence-electron chi connectivity index (χ0n) is 9.86. The lowest BCUT2D eigenvalue weighted by Crippen LogP contribution is -2.47. The predicted molar refractivity (Wildman–Crippen MR) is 62.3 cm³/mol. The number of piperidine rings is 1. The summed E-state index contributed by atoms with van der Waals surface area (Å²) in [5, 5.41) is 3.25. The molecule has 1 saturated heterocycles. The highest BCUT2D eigenvalue weighted by molar-refractivity contribution is 7.88. The van der Waals surface area contributed by atoms with Crippen LogP contribution in [-0.2, 0) is 10.0 Å². The van der Waals surface area contributed by atoms with Gasteiger partial charge in [-0.2, -0.15) is 4.31 Å². The molecule has 15 heavy (non-hydrogen) atoms. The topological polar surface area (TPSA) is 49.4 Å². The predicted octanol–water partition coefficient (Wildman–Crippen LogP) is 0.656. The Morgan fingerprint density at radius 1 is 1.33 bits per heavy atom. The summed E-state index contributed by atoms with van der Waals surface area (Å²) in [6.07, 6.45) is 3.18. The molecule has 1 fully saturated rings. The summed E-state index contributed by atoms with van der Waals surface area (Å²) in [5.41, 5.74) is 0. The third kappa shape index (κ3) is 4.09. The molecule has 1 aliphatic heterocycles. The van der Waals surface area contributed by atoms with Crippen molar-refractivity contribution >= 4 is 10.0 Å². The molecule has 90 valence electrons. The molecule has 1 aliphatic rings. The standard InChI is InChI=1S/C10H22N2O2S/c1-9(2)8-12(15(3,13)14)10-4-6-11-7-5-10/h9-11H,4-8H2,1-3H3. The Hall–Kier alpha value is -0.130. The van der Waals surface area contributed by atoms with Crippen LogP contribution >= 0.6 is 0 Å². The first-order valence-corrected chi connectivity index (χ1v) is 7.43. The molecular formula is C10H22N2O2S. The highest BCUT2D eigenvalue weighted by Gasteiger charge is 2.28. The molecule has 0 amide bonds. The zero-order chi connectivity index (χ0) is 11.5. The van der Waals surface area contributed by atoms with Crippen LogP contribution in [0, 0.1) is 5.92 Å². The van der Waals surface area contributed by atoms with Crippen molar-refractivity contribution in [2.24, 2.45) is 5.92 Å². The largest absolute Gasteiger partial charge is 0.317 e. The maximum absolute atomic E-state index is 11.7. The minimum atomic E-state index is -3.05. The molecule has 0 radical (unpaired) electrons. The van der Waals surface area contributed by atoms with E-state index in [1.807, 2.05) is 0 Å². The lowest BCUT2D eigenvalue weighted by Gasteiger charge is -2.33. The van der Waals surface area contributed by atoms with Crippen molar-refractivity contribution in [3.8, 4) is 0 Å². The second-order valence-electron chi connectivity index (χ2n) is 4.71. The van der Waals surface area contributed by atoms with Gasteiger partial charge in [0.2, 0.25) is 10.0 Å². The van der Waals surface area contributed by atoms with E-state index in [1.54, 1.807) is 4.31 Å². The summed E-state index contributed by atoms with van der Waals surface area (Å²) in [4.78, 5) is 0. The molecule has 0 saturated carbocycles. The fourth-order valence-electron chi connectivity index (χ4n) is 2.01. The van der Waals surface area contributed by atoms with Crippen LogP contribution < -0.4 is 5.32 Å². The van der Waals surface area contributed by atoms with Crippen molar-refractivity contribution in [2.75, 3.05) is 25.9 Å². The monoisotopic (exact) mass is 234 g/mol. The summed E-state index contributed by atoms with van der Waals surface area (Å²) < 4.78 is 25.0. The lowest BCUT2D eigenvalue weighted by atomic mass is 10.1. The van der Waals surface area contributed by atoms with Crippen LogP contribution in [0.5, 0.6) is 0 Å². The number of sulfonamides is 1. The van der Waals surface area contributed by atoms with Crippen LogP contribution in [0.15, 0.2) is 0 Å². The van der Waals surface area contributed by atoms with Crippen molar-refractivity contribution in [3.63, 3.8) is 0 Å². The van der Waals surface area contributed by atoms with E-state index in [4.69, 9.17) is 0 Å². The van der Waals surface area contributed by atoms with Crippen LogP contribution in [0.1, 0.15) is 26.7 Å². The molecule has 0 aromatic heterocycles. The molecular weight excluding hydrogens is 212 g/mol. The Morgan fingerprint density at radius 2 is 1.87 bits per heavy atom. The van der Waals surface area contributed by atoms with Crippen LogP contribution in [-0.4, -0.2) is 44.7 Å². The molecule has 0 spiro atoms. The van der Waals surface area contributed by atoms with Gasteiger partial charge in [-0.05, 0) is 31.8 Å². The minimum absolute atomic E-state index is 0.198. The van der Waals surface area contributed by atoms with Crippen molar-refractivity contribution in [3.05, 3.63) is 0 Å². The molecule has 1 heterocycles. The Balaban J connectivity index is 2.70. The Labute approximate surface area is 93.1 Å². The smallest absolute Gasteiger partial charge is 0.211 e. The van der Waals surface area contributed by atoms with Gasteiger partial charge in [0.05, 0.1) is 6.26 Å². The van der Waals surface area contributed by atoms with Gasteiger partial charge in [-0.15, -0.1) is 0 Å². The van der Waals surface area contributed by atoms with Gasteiger partial charge < -0.3 is 5.32 Å². The van der Waals surface area contributed by atoms with Gasteiger partial charge in [0, 0.05) is 12.6 Å². The summed E-state index contributed by atoms with van der Waals surface area (Å²) in [6.45, 7) is 6.60. The normalized spacial score (nSPS) is 20.1. The summed E-state index contributed by atoms with van der Waals surface area (Å²) in [6, 6.07) is 0.198. The Kier molecular flexibility index (Phi) is 4.55. The number of hydrogen-bond acceptors (Lipinski definition) is 3. The third-order valence-electron chi connectivity index (χ3n) is 2.69. The maximum atomic E-state index is 11.7. The molecule has 0 atom stereocenters. The van der Waals surface area contributed by atoms with Gasteiger partial charge in [0.15, 0.2) is 0 Å². The van der Waals surface area contributed by atoms with Crippen molar-refractivity contribution < 1.29 is 8.42 Å². The van der Waals surface area contributed by atoms with E-state index in [0.29, 0.717) is 12.5 Å². The number of nitrogens with one attached hydrogen (secondary N) is 1. The second-order valence-corrected chi connectivity index (χ2v) is 6.64. The van der Waals surface area contributed by atoms with E-state index in [1.165, 1.54) is 6.26 Å². The molecule has 0 bridgehead atoms.